The predicted molar refractivity (Wildman–Crippen MR) is 62.9 cm³/mol. The number of anilines is 1. The molecular weight excluding hydrogens is 232 g/mol. The molecule has 2 heterocycles. The average molecular weight is 244 g/mol. The van der Waals surface area contributed by atoms with Crippen LogP contribution in [0.15, 0.2) is 5.51 Å². The third kappa shape index (κ3) is 2.16. The van der Waals surface area contributed by atoms with Gasteiger partial charge in [0, 0.05) is 6.54 Å². The molecule has 82 valence electrons. The Morgan fingerprint density at radius 1 is 1.60 bits per heavy atom. The number of nitrogens with one attached hydrogen (secondary N) is 2. The molecule has 1 aliphatic heterocycles. The van der Waals surface area contributed by atoms with Gasteiger partial charge < -0.3 is 0 Å². The zero-order valence-electron chi connectivity index (χ0n) is 8.30. The summed E-state index contributed by atoms with van der Waals surface area (Å²) < 4.78 is 4.14. The van der Waals surface area contributed by atoms with E-state index in [9.17, 15) is 0 Å². The summed E-state index contributed by atoms with van der Waals surface area (Å²) in [6.45, 7) is 3.00. The van der Waals surface area contributed by atoms with E-state index in [1.165, 1.54) is 11.5 Å². The molecule has 1 aliphatic rings. The predicted octanol–water partition coefficient (Wildman–Crippen LogP) is 0.669. The lowest BCUT2D eigenvalue weighted by atomic mass is 10.3. The molecule has 0 amide bonds. The number of thiocarbonyl (C=S) groups is 1. The molecule has 0 aromatic carbocycles. The van der Waals surface area contributed by atoms with Crippen molar-refractivity contribution in [3.63, 3.8) is 0 Å². The summed E-state index contributed by atoms with van der Waals surface area (Å²) in [5.74, 6) is 0.614. The van der Waals surface area contributed by atoms with Crippen molar-refractivity contribution in [3.05, 3.63) is 5.51 Å². The second-order valence-electron chi connectivity index (χ2n) is 3.06. The molecule has 0 radical (unpaired) electrons. The average Bonchev–Trinajstić information content (AvgIpc) is 2.84. The molecule has 1 aromatic heterocycles. The van der Waals surface area contributed by atoms with E-state index in [1.54, 1.807) is 10.6 Å². The third-order valence-corrected chi connectivity index (χ3v) is 2.79. The normalized spacial score (nSPS) is 15.9. The van der Waals surface area contributed by atoms with Crippen LogP contribution in [0.4, 0.5) is 5.95 Å². The summed E-state index contributed by atoms with van der Waals surface area (Å²) in [5, 5.41) is 4.30. The van der Waals surface area contributed by atoms with Crippen molar-refractivity contribution < 1.29 is 0 Å². The lowest BCUT2D eigenvalue weighted by Gasteiger charge is -2.24. The Hall–Kier alpha value is -0.990. The molecule has 0 saturated carbocycles. The van der Waals surface area contributed by atoms with E-state index in [2.05, 4.69) is 27.2 Å². The number of rotatable bonds is 4. The summed E-state index contributed by atoms with van der Waals surface area (Å²) in [7, 11) is 0. The highest BCUT2D eigenvalue weighted by Gasteiger charge is 2.27. The highest BCUT2D eigenvalue weighted by atomic mass is 32.1. The van der Waals surface area contributed by atoms with Crippen molar-refractivity contribution in [1.82, 2.24) is 25.3 Å². The van der Waals surface area contributed by atoms with Gasteiger partial charge in [-0.05, 0) is 30.2 Å². The van der Waals surface area contributed by atoms with Gasteiger partial charge in [-0.3, -0.25) is 5.43 Å². The number of hydrogen-bond donors (Lipinski definition) is 2. The van der Waals surface area contributed by atoms with Gasteiger partial charge in [-0.1, -0.05) is 13.3 Å². The zero-order chi connectivity index (χ0) is 10.7. The summed E-state index contributed by atoms with van der Waals surface area (Å²) in [6, 6.07) is 0. The minimum Gasteiger partial charge on any atom is -0.277 e. The van der Waals surface area contributed by atoms with Crippen molar-refractivity contribution in [2.45, 2.75) is 19.8 Å². The van der Waals surface area contributed by atoms with Gasteiger partial charge in [0.15, 0.2) is 0 Å². The molecule has 8 heteroatoms. The summed E-state index contributed by atoms with van der Waals surface area (Å²) >= 11 is 6.48. The van der Waals surface area contributed by atoms with Gasteiger partial charge in [-0.2, -0.15) is 9.49 Å². The third-order valence-electron chi connectivity index (χ3n) is 2.01. The SMILES string of the molecule is CCCCN1C(=S)NNN1c1ncsn1. The fourth-order valence-electron chi connectivity index (χ4n) is 1.24. The molecule has 1 saturated heterocycles. The monoisotopic (exact) mass is 244 g/mol. The van der Waals surface area contributed by atoms with Crippen LogP contribution in [0.3, 0.4) is 0 Å². The molecule has 0 aliphatic carbocycles. The van der Waals surface area contributed by atoms with Crippen LogP contribution < -0.4 is 16.1 Å². The number of nitrogens with zero attached hydrogens (tertiary/aromatic N) is 4. The van der Waals surface area contributed by atoms with Gasteiger partial charge in [-0.15, -0.1) is 5.53 Å². The van der Waals surface area contributed by atoms with Gasteiger partial charge >= 0.3 is 0 Å². The van der Waals surface area contributed by atoms with E-state index < -0.39 is 0 Å². The smallest absolute Gasteiger partial charge is 0.273 e. The van der Waals surface area contributed by atoms with E-state index in [0.29, 0.717) is 11.1 Å². The first-order valence-corrected chi connectivity index (χ1v) is 5.97. The van der Waals surface area contributed by atoms with Crippen LogP contribution in [0.25, 0.3) is 0 Å². The molecule has 1 aromatic rings. The second-order valence-corrected chi connectivity index (χ2v) is 4.05. The summed E-state index contributed by atoms with van der Waals surface area (Å²) in [4.78, 5) is 4.12. The Balaban J connectivity index is 2.07. The van der Waals surface area contributed by atoms with Gasteiger partial charge in [0.2, 0.25) is 5.11 Å². The largest absolute Gasteiger partial charge is 0.277 e. The van der Waals surface area contributed by atoms with Gasteiger partial charge in [0.1, 0.15) is 5.51 Å². The minimum atomic E-state index is 0.614. The molecule has 0 spiro atoms. The quantitative estimate of drug-likeness (QED) is 0.755. The lowest BCUT2D eigenvalue weighted by Crippen LogP contribution is -2.44. The maximum Gasteiger partial charge on any atom is 0.273 e. The van der Waals surface area contributed by atoms with Crippen molar-refractivity contribution in [1.29, 1.82) is 0 Å². The molecular formula is C7H12N6S2. The summed E-state index contributed by atoms with van der Waals surface area (Å²) in [5.41, 5.74) is 7.48. The maximum absolute atomic E-state index is 5.16. The van der Waals surface area contributed by atoms with Crippen LogP contribution in [0.1, 0.15) is 19.8 Å². The maximum atomic E-state index is 5.16. The Bertz CT molecular complexity index is 326. The molecule has 0 unspecified atom stereocenters. The Kier molecular flexibility index (Phi) is 3.29. The number of aromatic nitrogens is 2. The molecule has 0 atom stereocenters. The van der Waals surface area contributed by atoms with E-state index in [0.717, 1.165) is 19.4 Å². The first-order valence-electron chi connectivity index (χ1n) is 4.72. The van der Waals surface area contributed by atoms with Crippen LogP contribution in [0, 0.1) is 0 Å². The molecule has 1 fully saturated rings. The Morgan fingerprint density at radius 3 is 3.13 bits per heavy atom. The van der Waals surface area contributed by atoms with Crippen LogP contribution >= 0.6 is 23.8 Å². The van der Waals surface area contributed by atoms with Gasteiger partial charge in [-0.25, -0.2) is 9.99 Å². The van der Waals surface area contributed by atoms with E-state index in [4.69, 9.17) is 12.2 Å². The number of hydrogen-bond acceptors (Lipinski definition) is 6. The minimum absolute atomic E-state index is 0.614. The van der Waals surface area contributed by atoms with Crippen molar-refractivity contribution in [2.75, 3.05) is 11.7 Å². The highest BCUT2D eigenvalue weighted by molar-refractivity contribution is 7.80. The van der Waals surface area contributed by atoms with Gasteiger partial charge in [0.05, 0.1) is 0 Å². The second kappa shape index (κ2) is 4.69. The number of hydrazine groups is 3. The van der Waals surface area contributed by atoms with Crippen LogP contribution in [0.5, 0.6) is 0 Å². The van der Waals surface area contributed by atoms with Crippen molar-refractivity contribution in [2.24, 2.45) is 0 Å². The zero-order valence-corrected chi connectivity index (χ0v) is 9.94. The Labute approximate surface area is 97.4 Å². The highest BCUT2D eigenvalue weighted by Crippen LogP contribution is 2.13. The fourth-order valence-corrected chi connectivity index (χ4v) is 1.87. The molecule has 6 nitrogen and oxygen atoms in total. The van der Waals surface area contributed by atoms with Gasteiger partial charge in [0.25, 0.3) is 5.95 Å². The molecule has 2 rings (SSSR count). The van der Waals surface area contributed by atoms with E-state index >= 15 is 0 Å². The van der Waals surface area contributed by atoms with Crippen LogP contribution in [0.2, 0.25) is 0 Å². The first-order chi connectivity index (χ1) is 7.33. The Morgan fingerprint density at radius 2 is 2.47 bits per heavy atom. The van der Waals surface area contributed by atoms with E-state index in [-0.39, 0.29) is 0 Å². The molecule has 0 bridgehead atoms. The fraction of sp³-hybridized carbons (Fsp3) is 0.571. The van der Waals surface area contributed by atoms with Crippen LogP contribution in [-0.4, -0.2) is 26.0 Å². The van der Waals surface area contributed by atoms with E-state index in [1.807, 2.05) is 5.01 Å². The standard InChI is InChI=1S/C7H12N6S2/c1-2-3-4-12-7(14)9-11-13(12)6-8-5-15-10-6/h5,11H,2-4H2,1H3,(H,9,14). The summed E-state index contributed by atoms with van der Waals surface area (Å²) in [6.07, 6.45) is 2.20. The van der Waals surface area contributed by atoms with Crippen molar-refractivity contribution in [3.8, 4) is 0 Å². The molecule has 2 N–H and O–H groups in total. The lowest BCUT2D eigenvalue weighted by molar-refractivity contribution is 0.373. The molecule has 15 heavy (non-hydrogen) atoms. The number of unbranched alkanes of at least 4 members (excludes halogenated alkanes) is 1. The topological polar surface area (TPSA) is 56.3 Å². The van der Waals surface area contributed by atoms with Crippen LogP contribution in [-0.2, 0) is 0 Å². The van der Waals surface area contributed by atoms with Crippen molar-refractivity contribution >= 4 is 34.8 Å². The first kappa shape index (κ1) is 10.5.